The average Bonchev–Trinajstić information content (AvgIpc) is 2.87. The third-order valence-corrected chi connectivity index (χ3v) is 3.79. The van der Waals surface area contributed by atoms with Gasteiger partial charge in [0.25, 0.3) is 0 Å². The van der Waals surface area contributed by atoms with Gasteiger partial charge in [0.2, 0.25) is 0 Å². The molecule has 1 saturated heterocycles. The quantitative estimate of drug-likeness (QED) is 0.852. The van der Waals surface area contributed by atoms with Crippen LogP contribution < -0.4 is 0 Å². The minimum absolute atomic E-state index is 0.200. The molecule has 1 fully saturated rings. The van der Waals surface area contributed by atoms with E-state index in [-0.39, 0.29) is 6.42 Å². The van der Waals surface area contributed by atoms with Crippen LogP contribution in [0.15, 0.2) is 6.20 Å². The van der Waals surface area contributed by atoms with Crippen molar-refractivity contribution < 1.29 is 9.90 Å². The van der Waals surface area contributed by atoms with Crippen molar-refractivity contribution in [2.24, 2.45) is 0 Å². The SMILES string of the molecule is O=C(O)CCc1cnc(CN2CCCC2)s1. The molecule has 5 heteroatoms. The lowest BCUT2D eigenvalue weighted by molar-refractivity contribution is -0.136. The smallest absolute Gasteiger partial charge is 0.303 e. The normalized spacial score (nSPS) is 16.8. The number of carboxylic acid groups (broad SMARTS) is 1. The van der Waals surface area contributed by atoms with Crippen molar-refractivity contribution in [2.75, 3.05) is 13.1 Å². The number of rotatable bonds is 5. The van der Waals surface area contributed by atoms with Gasteiger partial charge in [-0.25, -0.2) is 4.98 Å². The van der Waals surface area contributed by atoms with E-state index in [1.54, 1.807) is 11.3 Å². The number of carbonyl (C=O) groups is 1. The van der Waals surface area contributed by atoms with Gasteiger partial charge in [0.15, 0.2) is 0 Å². The van der Waals surface area contributed by atoms with E-state index in [0.717, 1.165) is 16.4 Å². The van der Waals surface area contributed by atoms with Crippen LogP contribution in [0.3, 0.4) is 0 Å². The number of carboxylic acids is 1. The highest BCUT2D eigenvalue weighted by Gasteiger charge is 2.13. The summed E-state index contributed by atoms with van der Waals surface area (Å²) in [5.41, 5.74) is 0. The summed E-state index contributed by atoms with van der Waals surface area (Å²) in [5.74, 6) is -0.741. The number of likely N-dealkylation sites (tertiary alicyclic amines) is 1. The maximum absolute atomic E-state index is 10.4. The molecular formula is C11H16N2O2S. The van der Waals surface area contributed by atoms with Crippen LogP contribution >= 0.6 is 11.3 Å². The van der Waals surface area contributed by atoms with E-state index >= 15 is 0 Å². The van der Waals surface area contributed by atoms with Crippen LogP contribution in [-0.4, -0.2) is 34.0 Å². The van der Waals surface area contributed by atoms with Crippen LogP contribution in [0.5, 0.6) is 0 Å². The summed E-state index contributed by atoms with van der Waals surface area (Å²) in [6, 6.07) is 0. The van der Waals surface area contributed by atoms with E-state index in [0.29, 0.717) is 6.42 Å². The van der Waals surface area contributed by atoms with Crippen molar-refractivity contribution in [1.29, 1.82) is 0 Å². The Balaban J connectivity index is 1.84. The second-order valence-electron chi connectivity index (χ2n) is 4.10. The number of aromatic nitrogens is 1. The van der Waals surface area contributed by atoms with Gasteiger partial charge in [-0.1, -0.05) is 0 Å². The summed E-state index contributed by atoms with van der Waals surface area (Å²) >= 11 is 1.65. The molecule has 0 spiro atoms. The number of aliphatic carboxylic acids is 1. The Morgan fingerprint density at radius 2 is 2.25 bits per heavy atom. The fraction of sp³-hybridized carbons (Fsp3) is 0.636. The molecule has 1 aliphatic rings. The predicted molar refractivity (Wildman–Crippen MR) is 62.6 cm³/mol. The molecule has 16 heavy (non-hydrogen) atoms. The molecule has 0 bridgehead atoms. The molecule has 2 rings (SSSR count). The highest BCUT2D eigenvalue weighted by atomic mass is 32.1. The molecule has 0 aliphatic carbocycles. The van der Waals surface area contributed by atoms with Crippen LogP contribution in [0, 0.1) is 0 Å². The highest BCUT2D eigenvalue weighted by Crippen LogP contribution is 2.18. The van der Waals surface area contributed by atoms with Crippen molar-refractivity contribution in [3.8, 4) is 0 Å². The average molecular weight is 240 g/mol. The summed E-state index contributed by atoms with van der Waals surface area (Å²) in [6.45, 7) is 3.27. The summed E-state index contributed by atoms with van der Waals surface area (Å²) in [7, 11) is 0. The van der Waals surface area contributed by atoms with Crippen molar-refractivity contribution in [1.82, 2.24) is 9.88 Å². The van der Waals surface area contributed by atoms with Crippen molar-refractivity contribution in [2.45, 2.75) is 32.2 Å². The molecular weight excluding hydrogens is 224 g/mol. The number of nitrogens with zero attached hydrogens (tertiary/aromatic N) is 2. The molecule has 88 valence electrons. The summed E-state index contributed by atoms with van der Waals surface area (Å²) in [6.07, 6.45) is 5.20. The minimum Gasteiger partial charge on any atom is -0.481 e. The minimum atomic E-state index is -0.741. The van der Waals surface area contributed by atoms with E-state index in [1.807, 2.05) is 6.20 Å². The molecule has 1 N–H and O–H groups in total. The zero-order valence-corrected chi connectivity index (χ0v) is 10.0. The van der Waals surface area contributed by atoms with Crippen molar-refractivity contribution >= 4 is 17.3 Å². The van der Waals surface area contributed by atoms with E-state index in [2.05, 4.69) is 9.88 Å². The van der Waals surface area contributed by atoms with E-state index < -0.39 is 5.97 Å². The molecule has 0 unspecified atom stereocenters. The first-order valence-electron chi connectivity index (χ1n) is 5.62. The predicted octanol–water partition coefficient (Wildman–Crippen LogP) is 1.76. The van der Waals surface area contributed by atoms with Crippen LogP contribution in [0.1, 0.15) is 29.1 Å². The lowest BCUT2D eigenvalue weighted by atomic mass is 10.3. The van der Waals surface area contributed by atoms with Gasteiger partial charge in [0, 0.05) is 11.1 Å². The molecule has 4 nitrogen and oxygen atoms in total. The van der Waals surface area contributed by atoms with Gasteiger partial charge in [-0.15, -0.1) is 11.3 Å². The van der Waals surface area contributed by atoms with E-state index in [9.17, 15) is 4.79 Å². The standard InChI is InChI=1S/C11H16N2O2S/c14-11(15)4-3-9-7-12-10(16-9)8-13-5-1-2-6-13/h7H,1-6,8H2,(H,14,15). The Morgan fingerprint density at radius 3 is 2.94 bits per heavy atom. The fourth-order valence-corrected chi connectivity index (χ4v) is 2.86. The zero-order valence-electron chi connectivity index (χ0n) is 9.19. The molecule has 2 heterocycles. The monoisotopic (exact) mass is 240 g/mol. The molecule has 1 aromatic rings. The highest BCUT2D eigenvalue weighted by molar-refractivity contribution is 7.11. The molecule has 1 aromatic heterocycles. The largest absolute Gasteiger partial charge is 0.481 e. The second kappa shape index (κ2) is 5.41. The van der Waals surface area contributed by atoms with E-state index in [4.69, 9.17) is 5.11 Å². The van der Waals surface area contributed by atoms with Gasteiger partial charge < -0.3 is 5.11 Å². The van der Waals surface area contributed by atoms with Gasteiger partial charge in [0.1, 0.15) is 5.01 Å². The second-order valence-corrected chi connectivity index (χ2v) is 5.30. The molecule has 0 saturated carbocycles. The van der Waals surface area contributed by atoms with Crippen molar-refractivity contribution in [3.63, 3.8) is 0 Å². The molecule has 0 radical (unpaired) electrons. The van der Waals surface area contributed by atoms with Gasteiger partial charge in [-0.05, 0) is 32.4 Å². The lowest BCUT2D eigenvalue weighted by Crippen LogP contribution is -2.17. The number of hydrogen-bond acceptors (Lipinski definition) is 4. The van der Waals surface area contributed by atoms with Crippen LogP contribution in [0.2, 0.25) is 0 Å². The summed E-state index contributed by atoms with van der Waals surface area (Å²) in [5, 5.41) is 9.70. The molecule has 0 atom stereocenters. The van der Waals surface area contributed by atoms with Gasteiger partial charge in [-0.3, -0.25) is 9.69 Å². The Morgan fingerprint density at radius 1 is 1.50 bits per heavy atom. The van der Waals surface area contributed by atoms with E-state index in [1.165, 1.54) is 25.9 Å². The third-order valence-electron chi connectivity index (χ3n) is 2.74. The Kier molecular flexibility index (Phi) is 3.90. The van der Waals surface area contributed by atoms with Gasteiger partial charge >= 0.3 is 5.97 Å². The first-order chi connectivity index (χ1) is 7.74. The molecule has 0 aromatic carbocycles. The molecule has 0 amide bonds. The first-order valence-corrected chi connectivity index (χ1v) is 6.43. The molecule has 1 aliphatic heterocycles. The van der Waals surface area contributed by atoms with Crippen LogP contribution in [0.25, 0.3) is 0 Å². The third kappa shape index (κ3) is 3.28. The Bertz CT molecular complexity index is 359. The maximum Gasteiger partial charge on any atom is 0.303 e. The van der Waals surface area contributed by atoms with Crippen LogP contribution in [-0.2, 0) is 17.8 Å². The van der Waals surface area contributed by atoms with Crippen LogP contribution in [0.4, 0.5) is 0 Å². The maximum atomic E-state index is 10.4. The number of hydrogen-bond donors (Lipinski definition) is 1. The van der Waals surface area contributed by atoms with Gasteiger partial charge in [0.05, 0.1) is 13.0 Å². The summed E-state index contributed by atoms with van der Waals surface area (Å²) in [4.78, 5) is 18.3. The fourth-order valence-electron chi connectivity index (χ4n) is 1.90. The number of aryl methyl sites for hydroxylation is 1. The Labute approximate surface area is 98.9 Å². The number of thiazole rings is 1. The zero-order chi connectivity index (χ0) is 11.4. The summed E-state index contributed by atoms with van der Waals surface area (Å²) < 4.78 is 0. The first kappa shape index (κ1) is 11.5. The van der Waals surface area contributed by atoms with Crippen molar-refractivity contribution in [3.05, 3.63) is 16.1 Å². The van der Waals surface area contributed by atoms with Gasteiger partial charge in [-0.2, -0.15) is 0 Å². The topological polar surface area (TPSA) is 53.4 Å². The lowest BCUT2D eigenvalue weighted by Gasteiger charge is -2.11. The Hall–Kier alpha value is -0.940.